The van der Waals surface area contributed by atoms with E-state index < -0.39 is 16.1 Å². The lowest BCUT2D eigenvalue weighted by atomic mass is 10.2. The second-order valence-electron chi connectivity index (χ2n) is 4.31. The summed E-state index contributed by atoms with van der Waals surface area (Å²) in [5.41, 5.74) is 0.592. The third-order valence-corrected chi connectivity index (χ3v) is 4.35. The molecule has 2 aromatic rings. The molecule has 0 spiro atoms. The Morgan fingerprint density at radius 2 is 2.25 bits per heavy atom. The van der Waals surface area contributed by atoms with Gasteiger partial charge in [-0.2, -0.15) is 9.82 Å². The van der Waals surface area contributed by atoms with E-state index in [0.717, 1.165) is 0 Å². The number of aromatic nitrogens is 4. The van der Waals surface area contributed by atoms with Gasteiger partial charge in [-0.15, -0.1) is 0 Å². The molecule has 9 heteroatoms. The number of nitrogens with one attached hydrogen (secondary N) is 4. The van der Waals surface area contributed by atoms with Crippen LogP contribution in [0, 0.1) is 0 Å². The van der Waals surface area contributed by atoms with Crippen LogP contribution in [-0.2, 0) is 16.6 Å². The van der Waals surface area contributed by atoms with Gasteiger partial charge in [0.1, 0.15) is 5.82 Å². The molecule has 2 rings (SSSR count). The van der Waals surface area contributed by atoms with Crippen LogP contribution in [0.5, 0.6) is 0 Å². The summed E-state index contributed by atoms with van der Waals surface area (Å²) >= 11 is 0. The molecule has 0 fully saturated rings. The molecule has 4 N–H and O–H groups in total. The Labute approximate surface area is 117 Å². The monoisotopic (exact) mass is 298 g/mol. The summed E-state index contributed by atoms with van der Waals surface area (Å²) in [5, 5.41) is 9.32. The van der Waals surface area contributed by atoms with Crippen LogP contribution in [0.3, 0.4) is 0 Å². The van der Waals surface area contributed by atoms with Gasteiger partial charge in [-0.05, 0) is 13.5 Å². The van der Waals surface area contributed by atoms with Crippen LogP contribution in [0.2, 0.25) is 0 Å². The molecular weight excluding hydrogens is 280 g/mol. The van der Waals surface area contributed by atoms with Gasteiger partial charge in [-0.1, -0.05) is 6.92 Å². The highest BCUT2D eigenvalue weighted by atomic mass is 32.2. The average molecular weight is 298 g/mol. The maximum absolute atomic E-state index is 12.4. The number of imidazole rings is 1. The Morgan fingerprint density at radius 3 is 2.85 bits per heavy atom. The first-order chi connectivity index (χ1) is 9.58. The minimum absolute atomic E-state index is 0.0804. The second kappa shape index (κ2) is 6.16. The number of H-pyrrole nitrogens is 2. The van der Waals surface area contributed by atoms with Gasteiger partial charge in [0.15, 0.2) is 5.03 Å². The van der Waals surface area contributed by atoms with Crippen molar-refractivity contribution in [3.8, 4) is 0 Å². The summed E-state index contributed by atoms with van der Waals surface area (Å²) in [6.07, 6.45) is 5.34. The Kier molecular flexibility index (Phi) is 4.53. The molecule has 1 atom stereocenters. The number of nitrogens with zero attached hydrogens (tertiary/aromatic N) is 2. The number of rotatable bonds is 7. The molecule has 0 saturated carbocycles. The van der Waals surface area contributed by atoms with Gasteiger partial charge in [0.2, 0.25) is 0 Å². The minimum Gasteiger partial charge on any atom is -0.347 e. The van der Waals surface area contributed by atoms with Gasteiger partial charge >= 0.3 is 0 Å². The zero-order chi connectivity index (χ0) is 14.6. The predicted molar refractivity (Wildman–Crippen MR) is 73.3 cm³/mol. The van der Waals surface area contributed by atoms with Gasteiger partial charge in [-0.25, -0.2) is 13.4 Å². The van der Waals surface area contributed by atoms with Gasteiger partial charge < -0.3 is 10.3 Å². The highest BCUT2D eigenvalue weighted by Gasteiger charge is 2.25. The summed E-state index contributed by atoms with van der Waals surface area (Å²) in [6.45, 7) is 2.31. The highest BCUT2D eigenvalue weighted by Crippen LogP contribution is 2.18. The highest BCUT2D eigenvalue weighted by molar-refractivity contribution is 7.89. The fraction of sp³-hybridized carbons (Fsp3) is 0.455. The van der Waals surface area contributed by atoms with Crippen molar-refractivity contribution in [1.82, 2.24) is 30.2 Å². The number of hydrogen-bond acceptors (Lipinski definition) is 5. The molecule has 0 aromatic carbocycles. The van der Waals surface area contributed by atoms with Gasteiger partial charge in [0, 0.05) is 24.5 Å². The molecule has 20 heavy (non-hydrogen) atoms. The number of hydrogen-bond donors (Lipinski definition) is 4. The lowest BCUT2D eigenvalue weighted by Crippen LogP contribution is -2.30. The quantitative estimate of drug-likeness (QED) is 0.586. The van der Waals surface area contributed by atoms with Crippen molar-refractivity contribution in [2.45, 2.75) is 31.0 Å². The SMILES string of the molecule is CCC(NS(=O)(=O)c1[nH]ncc1CNC)c1ncc[nH]1. The van der Waals surface area contributed by atoms with E-state index in [-0.39, 0.29) is 5.03 Å². The van der Waals surface area contributed by atoms with Crippen molar-refractivity contribution in [2.24, 2.45) is 0 Å². The van der Waals surface area contributed by atoms with Crippen molar-refractivity contribution in [3.63, 3.8) is 0 Å². The number of sulfonamides is 1. The summed E-state index contributed by atoms with van der Waals surface area (Å²) in [7, 11) is -1.93. The van der Waals surface area contributed by atoms with Crippen LogP contribution in [0.15, 0.2) is 23.6 Å². The Balaban J connectivity index is 2.24. The standard InChI is InChI=1S/C11H18N6O2S/c1-3-9(10-13-4-5-14-10)17-20(18,19)11-8(6-12-2)7-15-16-11/h4-5,7,9,12,17H,3,6H2,1-2H3,(H,13,14)(H,15,16). The minimum atomic E-state index is -3.68. The molecule has 0 radical (unpaired) electrons. The zero-order valence-electron chi connectivity index (χ0n) is 11.3. The maximum atomic E-state index is 12.4. The zero-order valence-corrected chi connectivity index (χ0v) is 12.2. The third-order valence-electron chi connectivity index (χ3n) is 2.87. The van der Waals surface area contributed by atoms with Crippen molar-refractivity contribution < 1.29 is 8.42 Å². The van der Waals surface area contributed by atoms with Crippen molar-refractivity contribution in [2.75, 3.05) is 7.05 Å². The molecule has 0 amide bonds. The average Bonchev–Trinajstić information content (AvgIpc) is 3.07. The Morgan fingerprint density at radius 1 is 1.45 bits per heavy atom. The first-order valence-corrected chi connectivity index (χ1v) is 7.75. The summed E-state index contributed by atoms with van der Waals surface area (Å²) in [6, 6.07) is -0.402. The molecule has 1 unspecified atom stereocenters. The van der Waals surface area contributed by atoms with Crippen molar-refractivity contribution >= 4 is 10.0 Å². The fourth-order valence-electron chi connectivity index (χ4n) is 1.90. The van der Waals surface area contributed by atoms with Gasteiger partial charge in [-0.3, -0.25) is 5.10 Å². The molecule has 2 heterocycles. The first-order valence-electron chi connectivity index (χ1n) is 6.27. The molecule has 0 aliphatic rings. The summed E-state index contributed by atoms with van der Waals surface area (Å²) < 4.78 is 27.4. The summed E-state index contributed by atoms with van der Waals surface area (Å²) in [4.78, 5) is 7.01. The Hall–Kier alpha value is -1.71. The van der Waals surface area contributed by atoms with E-state index in [2.05, 4.69) is 30.2 Å². The normalized spacial score (nSPS) is 13.5. The van der Waals surface area contributed by atoms with E-state index in [1.807, 2.05) is 6.92 Å². The lowest BCUT2D eigenvalue weighted by Gasteiger charge is -2.14. The van der Waals surface area contributed by atoms with Gasteiger partial charge in [0.05, 0.1) is 12.2 Å². The van der Waals surface area contributed by atoms with Crippen molar-refractivity contribution in [1.29, 1.82) is 0 Å². The molecular formula is C11H18N6O2S. The van der Waals surface area contributed by atoms with Crippen LogP contribution in [0.1, 0.15) is 30.8 Å². The van der Waals surface area contributed by atoms with Crippen molar-refractivity contribution in [3.05, 3.63) is 30.0 Å². The van der Waals surface area contributed by atoms with E-state index >= 15 is 0 Å². The van der Waals surface area contributed by atoms with Crippen LogP contribution >= 0.6 is 0 Å². The smallest absolute Gasteiger partial charge is 0.258 e. The predicted octanol–water partition coefficient (Wildman–Crippen LogP) is 0.282. The third kappa shape index (κ3) is 3.06. The topological polar surface area (TPSA) is 116 Å². The van der Waals surface area contributed by atoms with Gasteiger partial charge in [0.25, 0.3) is 10.0 Å². The molecule has 0 saturated heterocycles. The molecule has 8 nitrogen and oxygen atoms in total. The molecule has 110 valence electrons. The fourth-order valence-corrected chi connectivity index (χ4v) is 3.31. The van der Waals surface area contributed by atoms with E-state index in [9.17, 15) is 8.42 Å². The first kappa shape index (κ1) is 14.7. The van der Waals surface area contributed by atoms with Crippen LogP contribution in [0.4, 0.5) is 0 Å². The molecule has 0 bridgehead atoms. The van der Waals surface area contributed by atoms with E-state index in [4.69, 9.17) is 0 Å². The molecule has 0 aliphatic carbocycles. The second-order valence-corrected chi connectivity index (χ2v) is 5.96. The van der Waals surface area contributed by atoms with E-state index in [1.165, 1.54) is 6.20 Å². The van der Waals surface area contributed by atoms with E-state index in [1.54, 1.807) is 19.4 Å². The lowest BCUT2D eigenvalue weighted by molar-refractivity contribution is 0.534. The van der Waals surface area contributed by atoms with E-state index in [0.29, 0.717) is 24.4 Å². The van der Waals surface area contributed by atoms with Crippen LogP contribution in [-0.4, -0.2) is 35.6 Å². The molecule has 2 aromatic heterocycles. The largest absolute Gasteiger partial charge is 0.347 e. The Bertz CT molecular complexity index is 634. The van der Waals surface area contributed by atoms with Crippen LogP contribution in [0.25, 0.3) is 0 Å². The number of aromatic amines is 2. The molecule has 0 aliphatic heterocycles. The summed E-state index contributed by atoms with van der Waals surface area (Å²) in [5.74, 6) is 0.589. The maximum Gasteiger partial charge on any atom is 0.258 e. The van der Waals surface area contributed by atoms with Crippen LogP contribution < -0.4 is 10.0 Å².